The third kappa shape index (κ3) is 5.56. The van der Waals surface area contributed by atoms with Crippen LogP contribution in [0.15, 0.2) is 48.5 Å². The standard InChI is InChI=1S/C29H38N6O2/c1-3-7-21(12-13-36)32-28-27-26(33-29(30)34-28)24-10-4-5-11-25(24)35(27)18-20-9-6-8-19(14-20)17-31-22-15-23(16-22)37-2/h4-6,8-11,14,21-23,31,36H,3,7,12-13,15-18H2,1-2H3,(H3,30,32,33,34)/t21-,22?,23?/m0/s1. The van der Waals surface area contributed by atoms with Gasteiger partial charge in [0.05, 0.1) is 11.6 Å². The van der Waals surface area contributed by atoms with Gasteiger partial charge in [0.15, 0.2) is 5.82 Å². The third-order valence-corrected chi connectivity index (χ3v) is 7.43. The van der Waals surface area contributed by atoms with Crippen LogP contribution in [0.5, 0.6) is 0 Å². The molecule has 0 unspecified atom stereocenters. The van der Waals surface area contributed by atoms with E-state index in [4.69, 9.17) is 10.5 Å². The van der Waals surface area contributed by atoms with Crippen LogP contribution in [0.3, 0.4) is 0 Å². The fraction of sp³-hybridized carbons (Fsp3) is 0.448. The van der Waals surface area contributed by atoms with Gasteiger partial charge in [0.25, 0.3) is 0 Å². The van der Waals surface area contributed by atoms with Gasteiger partial charge in [0.1, 0.15) is 11.0 Å². The van der Waals surface area contributed by atoms with Crippen molar-refractivity contribution in [3.63, 3.8) is 0 Å². The van der Waals surface area contributed by atoms with E-state index in [0.717, 1.165) is 60.0 Å². The van der Waals surface area contributed by atoms with Crippen LogP contribution in [0, 0.1) is 0 Å². The molecule has 0 radical (unpaired) electrons. The summed E-state index contributed by atoms with van der Waals surface area (Å²) in [5, 5.41) is 17.9. The van der Waals surface area contributed by atoms with E-state index in [1.165, 1.54) is 11.1 Å². The highest BCUT2D eigenvalue weighted by Gasteiger charge is 2.28. The number of para-hydroxylation sites is 1. The molecule has 0 amide bonds. The molecule has 0 aliphatic heterocycles. The van der Waals surface area contributed by atoms with Crippen LogP contribution in [-0.4, -0.2) is 51.5 Å². The molecule has 0 spiro atoms. The summed E-state index contributed by atoms with van der Waals surface area (Å²) in [7, 11) is 1.79. The Morgan fingerprint density at radius 1 is 1.11 bits per heavy atom. The molecule has 1 aliphatic rings. The Bertz CT molecular complexity index is 1340. The van der Waals surface area contributed by atoms with E-state index in [-0.39, 0.29) is 18.6 Å². The number of fused-ring (bicyclic) bond motifs is 3. The smallest absolute Gasteiger partial charge is 0.222 e. The first kappa shape index (κ1) is 25.4. The van der Waals surface area contributed by atoms with E-state index in [9.17, 15) is 5.11 Å². The summed E-state index contributed by atoms with van der Waals surface area (Å²) in [6.07, 6.45) is 5.15. The minimum absolute atomic E-state index is 0.109. The number of ether oxygens (including phenoxy) is 1. The van der Waals surface area contributed by atoms with E-state index < -0.39 is 0 Å². The molecule has 2 heterocycles. The molecule has 2 aromatic heterocycles. The van der Waals surface area contributed by atoms with Crippen LogP contribution in [0.25, 0.3) is 21.9 Å². The number of hydrogen-bond acceptors (Lipinski definition) is 7. The summed E-state index contributed by atoms with van der Waals surface area (Å²) < 4.78 is 7.69. The second kappa shape index (κ2) is 11.5. The first-order valence-corrected chi connectivity index (χ1v) is 13.4. The quantitative estimate of drug-likeness (QED) is 0.227. The maximum Gasteiger partial charge on any atom is 0.222 e. The number of anilines is 2. The van der Waals surface area contributed by atoms with Crippen molar-refractivity contribution < 1.29 is 9.84 Å². The molecule has 2 aromatic carbocycles. The van der Waals surface area contributed by atoms with Gasteiger partial charge in [-0.25, -0.2) is 4.98 Å². The van der Waals surface area contributed by atoms with Gasteiger partial charge < -0.3 is 30.8 Å². The normalized spacial score (nSPS) is 18.2. The molecular formula is C29H38N6O2. The molecule has 1 saturated carbocycles. The zero-order valence-corrected chi connectivity index (χ0v) is 21.8. The number of hydrogen-bond donors (Lipinski definition) is 4. The monoisotopic (exact) mass is 502 g/mol. The van der Waals surface area contributed by atoms with Crippen molar-refractivity contribution in [3.05, 3.63) is 59.7 Å². The van der Waals surface area contributed by atoms with Crippen LogP contribution in [0.2, 0.25) is 0 Å². The van der Waals surface area contributed by atoms with Crippen LogP contribution in [0.1, 0.15) is 50.2 Å². The molecule has 4 aromatic rings. The first-order valence-electron chi connectivity index (χ1n) is 13.4. The van der Waals surface area contributed by atoms with Gasteiger partial charge in [-0.05, 0) is 42.9 Å². The number of rotatable bonds is 12. The van der Waals surface area contributed by atoms with E-state index in [2.05, 4.69) is 74.6 Å². The Balaban J connectivity index is 1.48. The number of nitrogens with one attached hydrogen (secondary N) is 2. The number of benzene rings is 2. The van der Waals surface area contributed by atoms with E-state index >= 15 is 0 Å². The van der Waals surface area contributed by atoms with Gasteiger partial charge in [0, 0.05) is 44.3 Å². The summed E-state index contributed by atoms with van der Waals surface area (Å²) in [5.74, 6) is 0.970. The Labute approximate surface area is 218 Å². The predicted molar refractivity (Wildman–Crippen MR) is 150 cm³/mol. The van der Waals surface area contributed by atoms with Gasteiger partial charge in [-0.1, -0.05) is 55.8 Å². The van der Waals surface area contributed by atoms with Crippen LogP contribution in [0.4, 0.5) is 11.8 Å². The summed E-state index contributed by atoms with van der Waals surface area (Å²) in [5.41, 5.74) is 11.5. The average molecular weight is 503 g/mol. The zero-order valence-electron chi connectivity index (χ0n) is 21.8. The van der Waals surface area contributed by atoms with Crippen molar-refractivity contribution >= 4 is 33.7 Å². The van der Waals surface area contributed by atoms with E-state index in [1.807, 2.05) is 6.07 Å². The highest BCUT2D eigenvalue weighted by molar-refractivity contribution is 6.09. The van der Waals surface area contributed by atoms with Gasteiger partial charge in [-0.3, -0.25) is 0 Å². The lowest BCUT2D eigenvalue weighted by molar-refractivity contribution is 0.0170. The first-order chi connectivity index (χ1) is 18.1. The molecule has 1 aliphatic carbocycles. The summed E-state index contributed by atoms with van der Waals surface area (Å²) in [4.78, 5) is 9.29. The Kier molecular flexibility index (Phi) is 7.88. The minimum atomic E-state index is 0.109. The summed E-state index contributed by atoms with van der Waals surface area (Å²) >= 11 is 0. The Morgan fingerprint density at radius 3 is 2.70 bits per heavy atom. The molecular weight excluding hydrogens is 464 g/mol. The summed E-state index contributed by atoms with van der Waals surface area (Å²) in [6, 6.07) is 17.7. The number of nitrogens with zero attached hydrogens (tertiary/aromatic N) is 3. The van der Waals surface area contributed by atoms with Crippen molar-refractivity contribution in [1.82, 2.24) is 19.9 Å². The van der Waals surface area contributed by atoms with Gasteiger partial charge >= 0.3 is 0 Å². The number of aliphatic hydroxyl groups is 1. The average Bonchev–Trinajstić information content (AvgIpc) is 3.17. The van der Waals surface area contributed by atoms with Gasteiger partial charge in [0.2, 0.25) is 5.95 Å². The van der Waals surface area contributed by atoms with Gasteiger partial charge in [-0.2, -0.15) is 4.98 Å². The lowest BCUT2D eigenvalue weighted by Gasteiger charge is -2.34. The van der Waals surface area contributed by atoms with Crippen LogP contribution >= 0.6 is 0 Å². The lowest BCUT2D eigenvalue weighted by Crippen LogP contribution is -2.44. The highest BCUT2D eigenvalue weighted by atomic mass is 16.5. The lowest BCUT2D eigenvalue weighted by atomic mass is 9.89. The predicted octanol–water partition coefficient (Wildman–Crippen LogP) is 4.45. The number of nitrogens with two attached hydrogens (primary N) is 1. The maximum absolute atomic E-state index is 9.61. The Morgan fingerprint density at radius 2 is 1.92 bits per heavy atom. The number of nitrogen functional groups attached to an aromatic ring is 1. The zero-order chi connectivity index (χ0) is 25.8. The molecule has 1 atom stereocenters. The molecule has 0 saturated heterocycles. The van der Waals surface area contributed by atoms with Crippen molar-refractivity contribution in [3.8, 4) is 0 Å². The Hall–Kier alpha value is -3.20. The van der Waals surface area contributed by atoms with Crippen molar-refractivity contribution in [1.29, 1.82) is 0 Å². The van der Waals surface area contributed by atoms with Crippen LogP contribution < -0.4 is 16.4 Å². The molecule has 0 bridgehead atoms. The van der Waals surface area contributed by atoms with Crippen molar-refractivity contribution in [2.45, 2.75) is 70.3 Å². The highest BCUT2D eigenvalue weighted by Crippen LogP contribution is 2.33. The SMILES string of the molecule is CCC[C@@H](CCO)Nc1nc(N)nc2c3ccccc3n(Cc3cccc(CNC4CC(OC)C4)c3)c12. The van der Waals surface area contributed by atoms with E-state index in [0.29, 0.717) is 25.1 Å². The fourth-order valence-electron chi connectivity index (χ4n) is 5.40. The van der Waals surface area contributed by atoms with E-state index in [1.54, 1.807) is 7.11 Å². The molecule has 8 heteroatoms. The van der Waals surface area contributed by atoms with Crippen molar-refractivity contribution in [2.75, 3.05) is 24.8 Å². The number of aliphatic hydroxyl groups excluding tert-OH is 1. The molecule has 5 N–H and O–H groups in total. The second-order valence-electron chi connectivity index (χ2n) is 10.1. The molecule has 8 nitrogen and oxygen atoms in total. The molecule has 196 valence electrons. The number of methoxy groups -OCH3 is 1. The van der Waals surface area contributed by atoms with Gasteiger partial charge in [-0.15, -0.1) is 0 Å². The second-order valence-corrected chi connectivity index (χ2v) is 10.1. The summed E-state index contributed by atoms with van der Waals surface area (Å²) in [6.45, 7) is 3.80. The largest absolute Gasteiger partial charge is 0.396 e. The maximum atomic E-state index is 9.61. The minimum Gasteiger partial charge on any atom is -0.396 e. The molecule has 1 fully saturated rings. The van der Waals surface area contributed by atoms with Crippen molar-refractivity contribution in [2.24, 2.45) is 0 Å². The number of aromatic nitrogens is 3. The van der Waals surface area contributed by atoms with Crippen LogP contribution in [-0.2, 0) is 17.8 Å². The fourth-order valence-corrected chi connectivity index (χ4v) is 5.40. The molecule has 37 heavy (non-hydrogen) atoms. The topological polar surface area (TPSA) is 110 Å². The third-order valence-electron chi connectivity index (χ3n) is 7.43. The molecule has 5 rings (SSSR count).